The van der Waals surface area contributed by atoms with E-state index in [1.807, 2.05) is 37.3 Å². The quantitative estimate of drug-likeness (QED) is 0.333. The Balaban J connectivity index is 0.00000320. The van der Waals surface area contributed by atoms with Crippen molar-refractivity contribution >= 4 is 11.2 Å². The van der Waals surface area contributed by atoms with Gasteiger partial charge in [-0.05, 0) is 12.5 Å². The topological polar surface area (TPSA) is 108 Å². The Labute approximate surface area is 180 Å². The Bertz CT molecular complexity index is 1080. The highest BCUT2D eigenvalue weighted by molar-refractivity contribution is 5.69. The number of quaternary nitrogens is 1. The molecule has 0 amide bonds. The van der Waals surface area contributed by atoms with Gasteiger partial charge in [-0.3, -0.25) is 13.9 Å². The number of rotatable bonds is 9. The molecule has 0 bridgehead atoms. The lowest BCUT2D eigenvalue weighted by molar-refractivity contribution is -0.695. The van der Waals surface area contributed by atoms with Crippen LogP contribution in [0, 0.1) is 0 Å². The van der Waals surface area contributed by atoms with Gasteiger partial charge in [0.15, 0.2) is 11.2 Å². The maximum Gasteiger partial charge on any atom is 0.332 e. The summed E-state index contributed by atoms with van der Waals surface area (Å²) in [4.78, 5) is 28.6. The van der Waals surface area contributed by atoms with E-state index in [1.54, 1.807) is 17.9 Å². The predicted molar refractivity (Wildman–Crippen MR) is 109 cm³/mol. The number of aliphatic hydroxyl groups excluding tert-OH is 1. The zero-order valence-electron chi connectivity index (χ0n) is 17.4. The number of ether oxygens (including phenoxy) is 1. The zero-order chi connectivity index (χ0) is 21.0. The van der Waals surface area contributed by atoms with Crippen LogP contribution in [0.15, 0.2) is 46.2 Å². The molecule has 3 N–H and O–H groups in total. The summed E-state index contributed by atoms with van der Waals surface area (Å²) in [7, 11) is 3.05. The summed E-state index contributed by atoms with van der Waals surface area (Å²) in [6.07, 6.45) is 1.02. The van der Waals surface area contributed by atoms with E-state index < -0.39 is 11.8 Å². The maximum absolute atomic E-state index is 12.4. The summed E-state index contributed by atoms with van der Waals surface area (Å²) >= 11 is 0. The summed E-state index contributed by atoms with van der Waals surface area (Å²) < 4.78 is 9.83. The van der Waals surface area contributed by atoms with Gasteiger partial charge in [-0.1, -0.05) is 30.3 Å². The highest BCUT2D eigenvalue weighted by Crippen LogP contribution is 2.13. The first-order chi connectivity index (χ1) is 13.9. The molecule has 0 radical (unpaired) electrons. The normalized spacial score (nSPS) is 13.2. The molecule has 164 valence electrons. The number of hydrogen-bond donors (Lipinski definition) is 2. The average Bonchev–Trinajstić information content (AvgIpc) is 3.17. The highest BCUT2D eigenvalue weighted by Gasteiger charge is 2.18. The second-order valence-electron chi connectivity index (χ2n) is 7.17. The molecule has 0 fully saturated rings. The minimum Gasteiger partial charge on any atom is -1.00 e. The summed E-state index contributed by atoms with van der Waals surface area (Å²) in [6.45, 7) is 4.10. The second kappa shape index (κ2) is 10.5. The SMILES string of the molecule is CC([NH2+]CCOCCn1cnc2c1c(=O)n(C)c(=O)n2C)C(O)c1ccccc1.[Cl-]. The molecule has 3 rings (SSSR count). The van der Waals surface area contributed by atoms with Crippen molar-refractivity contribution in [2.24, 2.45) is 14.1 Å². The Morgan fingerprint density at radius 2 is 1.83 bits per heavy atom. The molecule has 2 aromatic heterocycles. The van der Waals surface area contributed by atoms with Gasteiger partial charge in [0, 0.05) is 20.6 Å². The molecule has 2 heterocycles. The van der Waals surface area contributed by atoms with Crippen molar-refractivity contribution in [1.29, 1.82) is 0 Å². The minimum atomic E-state index is -0.531. The van der Waals surface area contributed by atoms with Gasteiger partial charge in [-0.2, -0.15) is 0 Å². The molecule has 0 saturated heterocycles. The number of imidazole rings is 1. The van der Waals surface area contributed by atoms with Crippen LogP contribution < -0.4 is 29.0 Å². The van der Waals surface area contributed by atoms with Crippen molar-refractivity contribution < 1.29 is 27.6 Å². The first-order valence-electron chi connectivity index (χ1n) is 9.66. The molecular weight excluding hydrogens is 410 g/mol. The van der Waals surface area contributed by atoms with Crippen molar-refractivity contribution in [2.45, 2.75) is 25.6 Å². The zero-order valence-corrected chi connectivity index (χ0v) is 18.1. The van der Waals surface area contributed by atoms with E-state index in [-0.39, 0.29) is 24.0 Å². The Morgan fingerprint density at radius 1 is 1.13 bits per heavy atom. The number of nitrogens with zero attached hydrogens (tertiary/aromatic N) is 4. The molecule has 2 atom stereocenters. The molecule has 30 heavy (non-hydrogen) atoms. The number of aryl methyl sites for hydroxylation is 1. The molecule has 0 spiro atoms. The van der Waals surface area contributed by atoms with E-state index in [2.05, 4.69) is 10.3 Å². The fourth-order valence-corrected chi connectivity index (χ4v) is 3.33. The van der Waals surface area contributed by atoms with Gasteiger partial charge in [0.05, 0.1) is 26.1 Å². The van der Waals surface area contributed by atoms with Gasteiger partial charge in [0.1, 0.15) is 12.1 Å². The van der Waals surface area contributed by atoms with Gasteiger partial charge >= 0.3 is 5.69 Å². The van der Waals surface area contributed by atoms with Crippen LogP contribution >= 0.6 is 0 Å². The number of benzene rings is 1. The van der Waals surface area contributed by atoms with Crippen molar-refractivity contribution in [3.05, 3.63) is 63.1 Å². The Morgan fingerprint density at radius 3 is 2.53 bits per heavy atom. The molecular formula is C20H28ClN5O4. The summed E-state index contributed by atoms with van der Waals surface area (Å²) in [6, 6.07) is 9.61. The number of nitrogens with two attached hydrogens (primary N) is 1. The number of fused-ring (bicyclic) bond motifs is 1. The fourth-order valence-electron chi connectivity index (χ4n) is 3.33. The summed E-state index contributed by atoms with van der Waals surface area (Å²) in [5.41, 5.74) is 0.906. The van der Waals surface area contributed by atoms with Crippen molar-refractivity contribution in [3.63, 3.8) is 0 Å². The van der Waals surface area contributed by atoms with Crippen LogP contribution in [0.3, 0.4) is 0 Å². The first-order valence-corrected chi connectivity index (χ1v) is 9.66. The largest absolute Gasteiger partial charge is 1.00 e. The van der Waals surface area contributed by atoms with Crippen LogP contribution in [0.25, 0.3) is 11.2 Å². The third kappa shape index (κ3) is 4.99. The first kappa shape index (κ1) is 23.8. The van der Waals surface area contributed by atoms with Crippen LogP contribution in [0.4, 0.5) is 0 Å². The van der Waals surface area contributed by atoms with Gasteiger partial charge in [-0.15, -0.1) is 0 Å². The third-order valence-corrected chi connectivity index (χ3v) is 5.13. The van der Waals surface area contributed by atoms with Crippen molar-refractivity contribution in [3.8, 4) is 0 Å². The summed E-state index contributed by atoms with van der Waals surface area (Å²) in [5.74, 6) is 0. The average molecular weight is 438 g/mol. The lowest BCUT2D eigenvalue weighted by Crippen LogP contribution is -3.00. The van der Waals surface area contributed by atoms with E-state index in [1.165, 1.54) is 11.6 Å². The molecule has 9 nitrogen and oxygen atoms in total. The lowest BCUT2D eigenvalue weighted by atomic mass is 10.0. The molecule has 0 aliphatic heterocycles. The molecule has 0 aliphatic rings. The van der Waals surface area contributed by atoms with E-state index in [0.29, 0.717) is 37.5 Å². The minimum absolute atomic E-state index is 0. The summed E-state index contributed by atoms with van der Waals surface area (Å²) in [5, 5.41) is 12.4. The fraction of sp³-hybridized carbons (Fsp3) is 0.450. The van der Waals surface area contributed by atoms with Crippen LogP contribution in [0.1, 0.15) is 18.6 Å². The number of aromatic nitrogens is 4. The van der Waals surface area contributed by atoms with E-state index in [9.17, 15) is 14.7 Å². The number of halogens is 1. The Hall–Kier alpha value is -2.46. The maximum atomic E-state index is 12.4. The smallest absolute Gasteiger partial charge is 0.332 e. The molecule has 1 aromatic carbocycles. The standard InChI is InChI=1S/C20H27N5O4.ClH/c1-14(17(26)15-7-5-4-6-8-15)21-9-11-29-12-10-25-13-22-18-16(25)19(27)24(3)20(28)23(18)2;/h4-8,13-14,17,21,26H,9-12H2,1-3H3;1H. The van der Waals surface area contributed by atoms with Crippen molar-refractivity contribution in [2.75, 3.05) is 19.8 Å². The second-order valence-corrected chi connectivity index (χ2v) is 7.17. The number of hydrogen-bond acceptors (Lipinski definition) is 5. The van der Waals surface area contributed by atoms with Gasteiger partial charge in [0.2, 0.25) is 0 Å². The van der Waals surface area contributed by atoms with Crippen LogP contribution in [-0.4, -0.2) is 49.6 Å². The van der Waals surface area contributed by atoms with Gasteiger partial charge in [0.25, 0.3) is 5.56 Å². The third-order valence-electron chi connectivity index (χ3n) is 5.13. The van der Waals surface area contributed by atoms with Crippen LogP contribution in [-0.2, 0) is 25.4 Å². The predicted octanol–water partition coefficient (Wildman–Crippen LogP) is -3.86. The molecule has 2 unspecified atom stereocenters. The molecule has 0 saturated carbocycles. The van der Waals surface area contributed by atoms with E-state index >= 15 is 0 Å². The van der Waals surface area contributed by atoms with E-state index in [4.69, 9.17) is 4.74 Å². The molecule has 0 aliphatic carbocycles. The lowest BCUT2D eigenvalue weighted by Gasteiger charge is -2.17. The van der Waals surface area contributed by atoms with Crippen LogP contribution in [0.2, 0.25) is 0 Å². The highest BCUT2D eigenvalue weighted by atomic mass is 35.5. The Kier molecular flexibility index (Phi) is 8.36. The van der Waals surface area contributed by atoms with Gasteiger partial charge < -0.3 is 32.1 Å². The molecule has 10 heteroatoms. The molecule has 3 aromatic rings. The van der Waals surface area contributed by atoms with Crippen molar-refractivity contribution in [1.82, 2.24) is 18.7 Å². The monoisotopic (exact) mass is 437 g/mol. The number of aliphatic hydroxyl groups is 1. The van der Waals surface area contributed by atoms with Crippen LogP contribution in [0.5, 0.6) is 0 Å². The van der Waals surface area contributed by atoms with E-state index in [0.717, 1.165) is 10.1 Å². The van der Waals surface area contributed by atoms with Gasteiger partial charge in [-0.25, -0.2) is 9.78 Å².